The summed E-state index contributed by atoms with van der Waals surface area (Å²) < 4.78 is 15.7. The summed E-state index contributed by atoms with van der Waals surface area (Å²) >= 11 is 0. The molecule has 3 atom stereocenters. The quantitative estimate of drug-likeness (QED) is 0.525. The van der Waals surface area contributed by atoms with E-state index in [1.165, 1.54) is 0 Å². The fraction of sp³-hybridized carbons (Fsp3) is 0.500. The van der Waals surface area contributed by atoms with Crippen molar-refractivity contribution in [3.8, 4) is 0 Å². The van der Waals surface area contributed by atoms with E-state index >= 15 is 0 Å². The summed E-state index contributed by atoms with van der Waals surface area (Å²) in [5.74, 6) is -4.49. The molecule has 0 bridgehead atoms. The van der Waals surface area contributed by atoms with E-state index in [1.54, 1.807) is 0 Å². The van der Waals surface area contributed by atoms with Gasteiger partial charge in [-0.15, -0.1) is 0 Å². The smallest absolute Gasteiger partial charge is 0.337 e. The minimum atomic E-state index is -1.57. The molecule has 0 aromatic heterocycles. The second kappa shape index (κ2) is 6.59. The van der Waals surface area contributed by atoms with Gasteiger partial charge in [0.1, 0.15) is 0 Å². The van der Waals surface area contributed by atoms with Crippen LogP contribution in [0.4, 0.5) is 0 Å². The first-order valence-electron chi connectivity index (χ1n) is 8.62. The zero-order valence-electron chi connectivity index (χ0n) is 14.3. The van der Waals surface area contributed by atoms with Crippen molar-refractivity contribution in [2.24, 2.45) is 0 Å². The zero-order valence-corrected chi connectivity index (χ0v) is 14.3. The minimum Gasteiger partial charge on any atom is -0.478 e. The number of rotatable bonds is 9. The number of benzene rings is 1. The Morgan fingerprint density at radius 2 is 0.926 bits per heavy atom. The molecule has 27 heavy (non-hydrogen) atoms. The van der Waals surface area contributed by atoms with E-state index in [1.807, 2.05) is 0 Å². The number of carbonyl (C=O) groups is 3. The second-order valence-electron chi connectivity index (χ2n) is 6.95. The molecule has 3 unspecified atom stereocenters. The van der Waals surface area contributed by atoms with Crippen LogP contribution in [0.15, 0.2) is 0 Å². The molecule has 1 aromatic rings. The van der Waals surface area contributed by atoms with Crippen molar-refractivity contribution in [3.05, 3.63) is 33.4 Å². The van der Waals surface area contributed by atoms with Crippen LogP contribution in [-0.2, 0) is 33.5 Å². The highest BCUT2D eigenvalue weighted by atomic mass is 16.6. The Balaban J connectivity index is 2.00. The predicted molar refractivity (Wildman–Crippen MR) is 87.7 cm³/mol. The normalized spacial score (nSPS) is 25.1. The molecule has 0 aliphatic carbocycles. The summed E-state index contributed by atoms with van der Waals surface area (Å²) in [5.41, 5.74) is -0.403. The van der Waals surface area contributed by atoms with E-state index in [0.717, 1.165) is 0 Å². The lowest BCUT2D eigenvalue weighted by molar-refractivity contribution is 0.0631. The molecule has 3 aliphatic rings. The van der Waals surface area contributed by atoms with Crippen molar-refractivity contribution in [2.75, 3.05) is 19.8 Å². The SMILES string of the molecule is O=C(O)c1c(CC2CO2)c(CC2CO2)c(CC2CO2)c(C(=O)O)c1C(=O)O. The lowest BCUT2D eigenvalue weighted by Crippen LogP contribution is -2.24. The van der Waals surface area contributed by atoms with E-state index in [9.17, 15) is 29.7 Å². The standard InChI is InChI=1S/C18H18O9/c19-16(20)13-11(2-8-5-26-8)10(1-7-4-25-7)12(3-9-6-27-9)14(17(21)22)15(13)18(23)24/h7-9H,1-6H2,(H,19,20)(H,21,22)(H,23,24). The molecule has 144 valence electrons. The van der Waals surface area contributed by atoms with E-state index in [0.29, 0.717) is 42.9 Å². The molecule has 3 aliphatic heterocycles. The maximum Gasteiger partial charge on any atom is 0.337 e. The first-order chi connectivity index (χ1) is 12.9. The number of epoxide rings is 3. The molecule has 3 N–H and O–H groups in total. The molecular formula is C18H18O9. The molecule has 0 saturated carbocycles. The molecule has 9 nitrogen and oxygen atoms in total. The van der Waals surface area contributed by atoms with Gasteiger partial charge < -0.3 is 29.5 Å². The van der Waals surface area contributed by atoms with Gasteiger partial charge >= 0.3 is 17.9 Å². The molecule has 0 amide bonds. The summed E-state index contributed by atoms with van der Waals surface area (Å²) in [4.78, 5) is 35.8. The van der Waals surface area contributed by atoms with Gasteiger partial charge in [-0.2, -0.15) is 0 Å². The summed E-state index contributed by atoms with van der Waals surface area (Å²) in [5, 5.41) is 29.1. The molecule has 3 fully saturated rings. The zero-order chi connectivity index (χ0) is 19.3. The molecule has 9 heteroatoms. The van der Waals surface area contributed by atoms with Crippen LogP contribution in [-0.4, -0.2) is 71.4 Å². The summed E-state index contributed by atoms with van der Waals surface area (Å²) in [6.45, 7) is 1.43. The van der Waals surface area contributed by atoms with Crippen molar-refractivity contribution in [1.82, 2.24) is 0 Å². The number of ether oxygens (including phenoxy) is 3. The number of carboxylic acids is 3. The molecule has 4 rings (SSSR count). The van der Waals surface area contributed by atoms with Crippen LogP contribution in [0.1, 0.15) is 47.8 Å². The second-order valence-corrected chi connectivity index (χ2v) is 6.95. The van der Waals surface area contributed by atoms with E-state index < -0.39 is 34.6 Å². The topological polar surface area (TPSA) is 149 Å². The van der Waals surface area contributed by atoms with Crippen LogP contribution >= 0.6 is 0 Å². The van der Waals surface area contributed by atoms with Crippen LogP contribution in [0.2, 0.25) is 0 Å². The fourth-order valence-corrected chi connectivity index (χ4v) is 3.53. The first-order valence-corrected chi connectivity index (χ1v) is 8.62. The number of aromatic carboxylic acids is 3. The van der Waals surface area contributed by atoms with Gasteiger partial charge in [-0.05, 0) is 16.7 Å². The maximum absolute atomic E-state index is 12.0. The van der Waals surface area contributed by atoms with Crippen LogP contribution in [0.25, 0.3) is 0 Å². The van der Waals surface area contributed by atoms with Crippen molar-refractivity contribution >= 4 is 17.9 Å². The molecule has 0 spiro atoms. The fourth-order valence-electron chi connectivity index (χ4n) is 3.53. The Kier molecular flexibility index (Phi) is 4.37. The minimum absolute atomic E-state index is 0.123. The largest absolute Gasteiger partial charge is 0.478 e. The maximum atomic E-state index is 12.0. The Morgan fingerprint density at radius 1 is 0.630 bits per heavy atom. The monoisotopic (exact) mass is 378 g/mol. The van der Waals surface area contributed by atoms with Crippen LogP contribution in [0.3, 0.4) is 0 Å². The molecular weight excluding hydrogens is 360 g/mol. The third-order valence-electron chi connectivity index (χ3n) is 4.98. The molecule has 0 radical (unpaired) electrons. The average Bonchev–Trinajstić information content (AvgIpc) is 3.41. The summed E-state index contributed by atoms with van der Waals surface area (Å²) in [6, 6.07) is 0. The Hall–Kier alpha value is -2.49. The number of carboxylic acid groups (broad SMARTS) is 3. The lowest BCUT2D eigenvalue weighted by Gasteiger charge is -2.21. The van der Waals surface area contributed by atoms with Gasteiger partial charge in [0.25, 0.3) is 0 Å². The van der Waals surface area contributed by atoms with Gasteiger partial charge in [-0.25, -0.2) is 14.4 Å². The van der Waals surface area contributed by atoms with E-state index in [-0.39, 0.29) is 31.2 Å². The molecule has 3 heterocycles. The van der Waals surface area contributed by atoms with E-state index in [4.69, 9.17) is 14.2 Å². The summed E-state index contributed by atoms with van der Waals surface area (Å²) in [6.07, 6.45) is 0.283. The van der Waals surface area contributed by atoms with Crippen molar-refractivity contribution in [2.45, 2.75) is 37.6 Å². The Labute approximate surface area is 153 Å². The highest BCUT2D eigenvalue weighted by molar-refractivity contribution is 6.11. The Bertz CT molecular complexity index is 779. The van der Waals surface area contributed by atoms with E-state index in [2.05, 4.69) is 0 Å². The lowest BCUT2D eigenvalue weighted by atomic mass is 9.81. The highest BCUT2D eigenvalue weighted by Crippen LogP contribution is 2.36. The van der Waals surface area contributed by atoms with Crippen LogP contribution < -0.4 is 0 Å². The third-order valence-corrected chi connectivity index (χ3v) is 4.98. The van der Waals surface area contributed by atoms with Crippen LogP contribution in [0, 0.1) is 0 Å². The molecule has 1 aromatic carbocycles. The number of hydrogen-bond donors (Lipinski definition) is 3. The third kappa shape index (κ3) is 3.66. The first kappa shape index (κ1) is 17.9. The van der Waals surface area contributed by atoms with Gasteiger partial charge in [0.05, 0.1) is 54.8 Å². The van der Waals surface area contributed by atoms with Crippen molar-refractivity contribution in [3.63, 3.8) is 0 Å². The van der Waals surface area contributed by atoms with Gasteiger partial charge in [0, 0.05) is 19.3 Å². The highest BCUT2D eigenvalue weighted by Gasteiger charge is 2.39. The van der Waals surface area contributed by atoms with Gasteiger partial charge in [-0.3, -0.25) is 0 Å². The van der Waals surface area contributed by atoms with Gasteiger partial charge in [-0.1, -0.05) is 0 Å². The molecule has 3 saturated heterocycles. The average molecular weight is 378 g/mol. The number of hydrogen-bond acceptors (Lipinski definition) is 6. The van der Waals surface area contributed by atoms with Crippen molar-refractivity contribution < 1.29 is 43.9 Å². The summed E-state index contributed by atoms with van der Waals surface area (Å²) in [7, 11) is 0. The van der Waals surface area contributed by atoms with Crippen molar-refractivity contribution in [1.29, 1.82) is 0 Å². The predicted octanol–water partition coefficient (Wildman–Crippen LogP) is 0.605. The van der Waals surface area contributed by atoms with Gasteiger partial charge in [0.2, 0.25) is 0 Å². The Morgan fingerprint density at radius 3 is 1.19 bits per heavy atom. The van der Waals surface area contributed by atoms with Gasteiger partial charge in [0.15, 0.2) is 0 Å². The van der Waals surface area contributed by atoms with Crippen LogP contribution in [0.5, 0.6) is 0 Å².